The number of aryl methyl sites for hydroxylation is 1. The smallest absolute Gasteiger partial charge is 0.335 e. The van der Waals surface area contributed by atoms with E-state index in [4.69, 9.17) is 4.74 Å². The SMILES string of the molecule is COC(=O)C(O)Cc1cc(C)nc(OC)c1. The lowest BCUT2D eigenvalue weighted by Gasteiger charge is -2.09. The van der Waals surface area contributed by atoms with E-state index >= 15 is 0 Å². The van der Waals surface area contributed by atoms with Crippen LogP contribution in [0.4, 0.5) is 0 Å². The summed E-state index contributed by atoms with van der Waals surface area (Å²) in [5.41, 5.74) is 1.55. The van der Waals surface area contributed by atoms with Gasteiger partial charge in [0.25, 0.3) is 0 Å². The summed E-state index contributed by atoms with van der Waals surface area (Å²) in [6, 6.07) is 3.47. The van der Waals surface area contributed by atoms with Crippen molar-refractivity contribution in [1.82, 2.24) is 4.98 Å². The monoisotopic (exact) mass is 225 g/mol. The Balaban J connectivity index is 2.80. The molecular weight excluding hydrogens is 210 g/mol. The van der Waals surface area contributed by atoms with Crippen LogP contribution in [0.5, 0.6) is 5.88 Å². The lowest BCUT2D eigenvalue weighted by molar-refractivity contribution is -0.150. The summed E-state index contributed by atoms with van der Waals surface area (Å²) in [4.78, 5) is 15.1. The van der Waals surface area contributed by atoms with Crippen LogP contribution in [0.25, 0.3) is 0 Å². The molecule has 0 radical (unpaired) electrons. The average molecular weight is 225 g/mol. The highest BCUT2D eigenvalue weighted by Gasteiger charge is 2.16. The molecule has 0 spiro atoms. The van der Waals surface area contributed by atoms with Crippen LogP contribution < -0.4 is 4.74 Å². The van der Waals surface area contributed by atoms with Crippen molar-refractivity contribution in [3.63, 3.8) is 0 Å². The van der Waals surface area contributed by atoms with Gasteiger partial charge in [0.1, 0.15) is 0 Å². The Morgan fingerprint density at radius 2 is 2.19 bits per heavy atom. The first kappa shape index (κ1) is 12.4. The second-order valence-corrected chi connectivity index (χ2v) is 3.40. The van der Waals surface area contributed by atoms with Gasteiger partial charge in [-0.2, -0.15) is 0 Å². The second kappa shape index (κ2) is 5.46. The van der Waals surface area contributed by atoms with Crippen LogP contribution in [0.3, 0.4) is 0 Å². The van der Waals surface area contributed by atoms with Crippen molar-refractivity contribution in [2.24, 2.45) is 0 Å². The quantitative estimate of drug-likeness (QED) is 0.754. The maximum atomic E-state index is 11.0. The minimum atomic E-state index is -1.16. The van der Waals surface area contributed by atoms with Crippen molar-refractivity contribution < 1.29 is 19.4 Å². The lowest BCUT2D eigenvalue weighted by Crippen LogP contribution is -2.24. The number of pyridine rings is 1. The number of carbonyl (C=O) groups excluding carboxylic acids is 1. The van der Waals surface area contributed by atoms with Gasteiger partial charge in [0.2, 0.25) is 5.88 Å². The Hall–Kier alpha value is -1.62. The Bertz CT molecular complexity index is 378. The molecule has 0 saturated carbocycles. The predicted molar refractivity (Wildman–Crippen MR) is 57.3 cm³/mol. The number of aliphatic hydroxyl groups is 1. The number of methoxy groups -OCH3 is 2. The third-order valence-electron chi connectivity index (χ3n) is 2.10. The molecule has 0 saturated heterocycles. The fourth-order valence-corrected chi connectivity index (χ4v) is 1.37. The van der Waals surface area contributed by atoms with Crippen LogP contribution in [0.1, 0.15) is 11.3 Å². The van der Waals surface area contributed by atoms with Gasteiger partial charge in [-0.1, -0.05) is 0 Å². The highest BCUT2D eigenvalue weighted by atomic mass is 16.5. The summed E-state index contributed by atoms with van der Waals surface area (Å²) in [5.74, 6) is -0.180. The Morgan fingerprint density at radius 3 is 2.75 bits per heavy atom. The number of esters is 1. The van der Waals surface area contributed by atoms with E-state index in [2.05, 4.69) is 9.72 Å². The van der Waals surface area contributed by atoms with Crippen LogP contribution in [0.2, 0.25) is 0 Å². The molecule has 0 fully saturated rings. The maximum absolute atomic E-state index is 11.0. The first-order valence-electron chi connectivity index (χ1n) is 4.84. The van der Waals surface area contributed by atoms with E-state index < -0.39 is 12.1 Å². The molecule has 0 amide bonds. The van der Waals surface area contributed by atoms with Gasteiger partial charge in [-0.3, -0.25) is 0 Å². The van der Waals surface area contributed by atoms with E-state index in [9.17, 15) is 9.90 Å². The van der Waals surface area contributed by atoms with Gasteiger partial charge in [0.05, 0.1) is 14.2 Å². The number of rotatable bonds is 4. The number of aromatic nitrogens is 1. The molecule has 1 rings (SSSR count). The minimum absolute atomic E-state index is 0.187. The van der Waals surface area contributed by atoms with Gasteiger partial charge in [0, 0.05) is 18.2 Å². The number of hydrogen-bond donors (Lipinski definition) is 1. The van der Waals surface area contributed by atoms with Crippen LogP contribution >= 0.6 is 0 Å². The lowest BCUT2D eigenvalue weighted by atomic mass is 10.1. The second-order valence-electron chi connectivity index (χ2n) is 3.40. The van der Waals surface area contributed by atoms with Crippen molar-refractivity contribution in [2.45, 2.75) is 19.4 Å². The van der Waals surface area contributed by atoms with E-state index in [-0.39, 0.29) is 6.42 Å². The maximum Gasteiger partial charge on any atom is 0.335 e. The Kier molecular flexibility index (Phi) is 4.25. The van der Waals surface area contributed by atoms with Gasteiger partial charge < -0.3 is 14.6 Å². The normalized spacial score (nSPS) is 12.0. The Labute approximate surface area is 94.0 Å². The molecule has 1 unspecified atom stereocenters. The van der Waals surface area contributed by atoms with Crippen molar-refractivity contribution >= 4 is 5.97 Å². The van der Waals surface area contributed by atoms with Crippen molar-refractivity contribution in [3.05, 3.63) is 23.4 Å². The molecule has 88 valence electrons. The van der Waals surface area contributed by atoms with E-state index in [0.29, 0.717) is 5.88 Å². The van der Waals surface area contributed by atoms with Gasteiger partial charge in [-0.15, -0.1) is 0 Å². The zero-order chi connectivity index (χ0) is 12.1. The summed E-state index contributed by atoms with van der Waals surface area (Å²) in [5, 5.41) is 9.49. The van der Waals surface area contributed by atoms with Crippen molar-refractivity contribution in [2.75, 3.05) is 14.2 Å². The van der Waals surface area contributed by atoms with Crippen LogP contribution in [0.15, 0.2) is 12.1 Å². The summed E-state index contributed by atoms with van der Waals surface area (Å²) in [6.45, 7) is 1.82. The average Bonchev–Trinajstić information content (AvgIpc) is 2.26. The van der Waals surface area contributed by atoms with Gasteiger partial charge in [-0.05, 0) is 18.6 Å². The van der Waals surface area contributed by atoms with Gasteiger partial charge in [-0.25, -0.2) is 9.78 Å². The first-order valence-corrected chi connectivity index (χ1v) is 4.84. The van der Waals surface area contributed by atoms with Crippen molar-refractivity contribution in [1.29, 1.82) is 0 Å². The molecule has 1 atom stereocenters. The number of nitrogens with zero attached hydrogens (tertiary/aromatic N) is 1. The van der Waals surface area contributed by atoms with Crippen molar-refractivity contribution in [3.8, 4) is 5.88 Å². The zero-order valence-electron chi connectivity index (χ0n) is 9.56. The molecule has 0 aliphatic rings. The molecule has 0 aromatic carbocycles. The summed E-state index contributed by atoms with van der Waals surface area (Å²) in [7, 11) is 2.76. The fraction of sp³-hybridized carbons (Fsp3) is 0.455. The summed E-state index contributed by atoms with van der Waals surface area (Å²) < 4.78 is 9.43. The summed E-state index contributed by atoms with van der Waals surface area (Å²) in [6.07, 6.45) is -0.969. The Morgan fingerprint density at radius 1 is 1.50 bits per heavy atom. The van der Waals surface area contributed by atoms with E-state index in [0.717, 1.165) is 11.3 Å². The van der Waals surface area contributed by atoms with E-state index in [1.165, 1.54) is 14.2 Å². The first-order chi connectivity index (χ1) is 7.56. The minimum Gasteiger partial charge on any atom is -0.481 e. The van der Waals surface area contributed by atoms with E-state index in [1.807, 2.05) is 6.92 Å². The van der Waals surface area contributed by atoms with Crippen LogP contribution in [-0.2, 0) is 16.0 Å². The zero-order valence-corrected chi connectivity index (χ0v) is 9.56. The predicted octanol–water partition coefficient (Wildman–Crippen LogP) is 0.475. The van der Waals surface area contributed by atoms with E-state index in [1.54, 1.807) is 12.1 Å². The third-order valence-corrected chi connectivity index (χ3v) is 2.10. The molecule has 1 N–H and O–H groups in total. The fourth-order valence-electron chi connectivity index (χ4n) is 1.37. The van der Waals surface area contributed by atoms with Crippen LogP contribution in [0, 0.1) is 6.92 Å². The molecule has 0 aliphatic heterocycles. The molecule has 5 heteroatoms. The topological polar surface area (TPSA) is 68.7 Å². The highest BCUT2D eigenvalue weighted by Crippen LogP contribution is 2.13. The molecule has 16 heavy (non-hydrogen) atoms. The number of aliphatic hydroxyl groups excluding tert-OH is 1. The largest absolute Gasteiger partial charge is 0.481 e. The molecular formula is C11H15NO4. The number of ether oxygens (including phenoxy) is 2. The molecule has 1 aromatic heterocycles. The molecule has 0 aliphatic carbocycles. The number of hydrogen-bond acceptors (Lipinski definition) is 5. The molecule has 5 nitrogen and oxygen atoms in total. The van der Waals surface area contributed by atoms with Gasteiger partial charge in [0.15, 0.2) is 6.10 Å². The molecule has 0 bridgehead atoms. The molecule has 1 heterocycles. The van der Waals surface area contributed by atoms with Gasteiger partial charge >= 0.3 is 5.97 Å². The molecule has 1 aromatic rings. The number of carbonyl (C=O) groups is 1. The highest BCUT2D eigenvalue weighted by molar-refractivity contribution is 5.74. The standard InChI is InChI=1S/C11H15NO4/c1-7-4-8(6-10(12-7)15-2)5-9(13)11(14)16-3/h4,6,9,13H,5H2,1-3H3. The van der Waals surface area contributed by atoms with Crippen LogP contribution in [-0.4, -0.2) is 36.4 Å². The summed E-state index contributed by atoms with van der Waals surface area (Å²) >= 11 is 0. The third kappa shape index (κ3) is 3.20.